The molecule has 0 aliphatic heterocycles. The molecule has 0 bridgehead atoms. The zero-order valence-corrected chi connectivity index (χ0v) is 16.9. The van der Waals surface area contributed by atoms with E-state index in [0.29, 0.717) is 17.1 Å². The molecule has 2 rings (SSSR count). The van der Waals surface area contributed by atoms with Gasteiger partial charge >= 0.3 is 5.97 Å². The highest BCUT2D eigenvalue weighted by Crippen LogP contribution is 2.29. The van der Waals surface area contributed by atoms with Crippen LogP contribution in [0, 0.1) is 31.1 Å². The van der Waals surface area contributed by atoms with Crippen molar-refractivity contribution in [3.05, 3.63) is 46.3 Å². The van der Waals surface area contributed by atoms with E-state index < -0.39 is 23.5 Å². The average molecular weight is 398 g/mol. The number of rotatable bonds is 8. The fraction of sp³-hybridized carbons (Fsp3) is 0.333. The van der Waals surface area contributed by atoms with E-state index in [1.54, 1.807) is 26.8 Å². The Bertz CT molecular complexity index is 999. The molecule has 0 amide bonds. The number of ketones is 2. The number of hydrogen-bond acceptors (Lipinski definition) is 7. The Morgan fingerprint density at radius 1 is 1.07 bits per heavy atom. The number of ether oxygens (including phenoxy) is 3. The van der Waals surface area contributed by atoms with E-state index in [4.69, 9.17) is 14.2 Å². The lowest BCUT2D eigenvalue weighted by atomic mass is 9.89. The predicted octanol–water partition coefficient (Wildman–Crippen LogP) is 3.03. The lowest BCUT2D eigenvalue weighted by Gasteiger charge is -2.13. The summed E-state index contributed by atoms with van der Waals surface area (Å²) in [7, 11) is 2.83. The van der Waals surface area contributed by atoms with Crippen LogP contribution < -0.4 is 9.47 Å². The van der Waals surface area contributed by atoms with Crippen molar-refractivity contribution in [3.63, 3.8) is 0 Å². The van der Waals surface area contributed by atoms with Crippen LogP contribution >= 0.6 is 0 Å². The topological polar surface area (TPSA) is 118 Å². The van der Waals surface area contributed by atoms with Crippen molar-refractivity contribution in [2.75, 3.05) is 20.8 Å². The lowest BCUT2D eigenvalue weighted by Crippen LogP contribution is -2.25. The maximum atomic E-state index is 13.1. The van der Waals surface area contributed by atoms with Crippen molar-refractivity contribution in [1.82, 2.24) is 4.98 Å². The van der Waals surface area contributed by atoms with Crippen molar-refractivity contribution in [2.45, 2.75) is 20.8 Å². The number of carbonyl (C=O) groups excluding carboxylic acids is 3. The van der Waals surface area contributed by atoms with Crippen LogP contribution in [0.15, 0.2) is 18.2 Å². The number of aryl methyl sites for hydroxylation is 2. The summed E-state index contributed by atoms with van der Waals surface area (Å²) < 4.78 is 15.3. The number of nitrogens with zero attached hydrogens (tertiary/aromatic N) is 1. The van der Waals surface area contributed by atoms with E-state index in [1.807, 2.05) is 0 Å². The molecule has 0 fully saturated rings. The molecule has 1 heterocycles. The largest absolute Gasteiger partial charge is 0.497 e. The third kappa shape index (κ3) is 4.14. The minimum Gasteiger partial charge on any atom is -0.497 e. The van der Waals surface area contributed by atoms with Gasteiger partial charge in [0.25, 0.3) is 0 Å². The molecular weight excluding hydrogens is 376 g/mol. The number of carbonyl (C=O) groups is 3. The van der Waals surface area contributed by atoms with Gasteiger partial charge in [0.15, 0.2) is 17.5 Å². The first-order valence-corrected chi connectivity index (χ1v) is 8.86. The highest BCUT2D eigenvalue weighted by atomic mass is 16.5. The van der Waals surface area contributed by atoms with Crippen LogP contribution in [0.5, 0.6) is 11.5 Å². The quantitative estimate of drug-likeness (QED) is 0.412. The zero-order valence-electron chi connectivity index (χ0n) is 16.9. The fourth-order valence-electron chi connectivity index (χ4n) is 3.09. The molecule has 2 aromatic rings. The third-order valence-corrected chi connectivity index (χ3v) is 4.43. The Labute approximate surface area is 168 Å². The van der Waals surface area contributed by atoms with Gasteiger partial charge in [-0.2, -0.15) is 5.26 Å². The first-order valence-electron chi connectivity index (χ1n) is 8.86. The van der Waals surface area contributed by atoms with Crippen LogP contribution in [0.1, 0.15) is 49.4 Å². The van der Waals surface area contributed by atoms with Gasteiger partial charge in [-0.3, -0.25) is 9.59 Å². The third-order valence-electron chi connectivity index (χ3n) is 4.43. The molecular formula is C21H22N2O6. The molecule has 0 saturated heterocycles. The van der Waals surface area contributed by atoms with E-state index in [2.05, 4.69) is 4.98 Å². The SMILES string of the molecule is CCOC(=O)c1c(C)[nH]c(C)c1C(=O)C(C#N)C(=O)c1ccc(OC)cc1OC. The molecule has 1 unspecified atom stereocenters. The molecule has 8 heteroatoms. The van der Waals surface area contributed by atoms with Gasteiger partial charge in [0.05, 0.1) is 43.6 Å². The van der Waals surface area contributed by atoms with Gasteiger partial charge in [0.1, 0.15) is 11.5 Å². The van der Waals surface area contributed by atoms with Gasteiger partial charge in [0.2, 0.25) is 0 Å². The first kappa shape index (κ1) is 21.7. The minimum absolute atomic E-state index is 0.0201. The number of methoxy groups -OCH3 is 2. The van der Waals surface area contributed by atoms with Crippen molar-refractivity contribution >= 4 is 17.5 Å². The highest BCUT2D eigenvalue weighted by Gasteiger charge is 2.35. The Kier molecular flexibility index (Phi) is 6.78. The van der Waals surface area contributed by atoms with E-state index in [9.17, 15) is 19.6 Å². The number of hydrogen-bond donors (Lipinski definition) is 1. The van der Waals surface area contributed by atoms with Gasteiger partial charge in [-0.1, -0.05) is 0 Å². The molecule has 0 spiro atoms. The molecule has 8 nitrogen and oxygen atoms in total. The van der Waals surface area contributed by atoms with Crippen LogP contribution in [-0.2, 0) is 4.74 Å². The fourth-order valence-corrected chi connectivity index (χ4v) is 3.09. The standard InChI is InChI=1S/C21H22N2O6/c1-6-29-21(26)18-12(3)23-11(2)17(18)20(25)15(10-22)19(24)14-8-7-13(27-4)9-16(14)28-5/h7-9,15,23H,6H2,1-5H3. The van der Waals surface area contributed by atoms with Gasteiger partial charge in [-0.05, 0) is 32.9 Å². The Morgan fingerprint density at radius 3 is 2.28 bits per heavy atom. The van der Waals surface area contributed by atoms with Crippen LogP contribution in [0.4, 0.5) is 0 Å². The molecule has 1 atom stereocenters. The molecule has 0 radical (unpaired) electrons. The van der Waals surface area contributed by atoms with Crippen LogP contribution in [0.3, 0.4) is 0 Å². The molecule has 152 valence electrons. The second-order valence-electron chi connectivity index (χ2n) is 6.20. The summed E-state index contributed by atoms with van der Waals surface area (Å²) in [5.74, 6) is -3.22. The maximum absolute atomic E-state index is 13.1. The maximum Gasteiger partial charge on any atom is 0.340 e. The number of benzene rings is 1. The van der Waals surface area contributed by atoms with Gasteiger partial charge in [-0.15, -0.1) is 0 Å². The van der Waals surface area contributed by atoms with Crippen LogP contribution in [0.2, 0.25) is 0 Å². The molecule has 0 aliphatic rings. The summed E-state index contributed by atoms with van der Waals surface area (Å²) in [5, 5.41) is 9.60. The van der Waals surface area contributed by atoms with Crippen LogP contribution in [-0.4, -0.2) is 43.3 Å². The normalized spacial score (nSPS) is 11.3. The molecule has 0 saturated carbocycles. The van der Waals surface area contributed by atoms with Crippen molar-refractivity contribution in [3.8, 4) is 17.6 Å². The molecule has 29 heavy (non-hydrogen) atoms. The monoisotopic (exact) mass is 398 g/mol. The Hall–Kier alpha value is -3.60. The summed E-state index contributed by atoms with van der Waals surface area (Å²) in [6.07, 6.45) is 0. The zero-order chi connectivity index (χ0) is 21.7. The number of nitrogens with one attached hydrogen (secondary N) is 1. The van der Waals surface area contributed by atoms with E-state index in [-0.39, 0.29) is 29.0 Å². The van der Waals surface area contributed by atoms with Gasteiger partial charge in [0, 0.05) is 17.5 Å². The Balaban J connectivity index is 2.51. The molecule has 1 N–H and O–H groups in total. The smallest absolute Gasteiger partial charge is 0.340 e. The summed E-state index contributed by atoms with van der Waals surface area (Å²) in [6.45, 7) is 4.98. The summed E-state index contributed by atoms with van der Waals surface area (Å²) in [5.41, 5.74) is 0.883. The predicted molar refractivity (Wildman–Crippen MR) is 104 cm³/mol. The average Bonchev–Trinajstić information content (AvgIpc) is 3.01. The minimum atomic E-state index is -1.65. The number of Topliss-reactive ketones (excluding diaryl/α,β-unsaturated/α-hetero) is 2. The van der Waals surface area contributed by atoms with Gasteiger partial charge in [-0.25, -0.2) is 4.79 Å². The summed E-state index contributed by atoms with van der Waals surface area (Å²) >= 11 is 0. The van der Waals surface area contributed by atoms with Crippen molar-refractivity contribution < 1.29 is 28.6 Å². The highest BCUT2D eigenvalue weighted by molar-refractivity contribution is 6.21. The molecule has 1 aromatic heterocycles. The van der Waals surface area contributed by atoms with Crippen molar-refractivity contribution in [2.24, 2.45) is 5.92 Å². The number of aromatic nitrogens is 1. The van der Waals surface area contributed by atoms with Crippen LogP contribution in [0.25, 0.3) is 0 Å². The van der Waals surface area contributed by atoms with E-state index >= 15 is 0 Å². The van der Waals surface area contributed by atoms with E-state index in [0.717, 1.165) is 0 Å². The van der Waals surface area contributed by atoms with Gasteiger partial charge < -0.3 is 19.2 Å². The first-order chi connectivity index (χ1) is 13.8. The molecule has 0 aliphatic carbocycles. The second-order valence-corrected chi connectivity index (χ2v) is 6.20. The summed E-state index contributed by atoms with van der Waals surface area (Å²) in [4.78, 5) is 41.4. The second kappa shape index (κ2) is 9.06. The number of aromatic amines is 1. The van der Waals surface area contributed by atoms with Crippen molar-refractivity contribution in [1.29, 1.82) is 5.26 Å². The summed E-state index contributed by atoms with van der Waals surface area (Å²) in [6, 6.07) is 6.21. The number of nitriles is 1. The van der Waals surface area contributed by atoms with E-state index in [1.165, 1.54) is 32.4 Å². The number of esters is 1. The number of H-pyrrole nitrogens is 1. The lowest BCUT2D eigenvalue weighted by molar-refractivity contribution is 0.0521. The molecule has 1 aromatic carbocycles. The Morgan fingerprint density at radius 2 is 1.72 bits per heavy atom.